The predicted molar refractivity (Wildman–Crippen MR) is 85.0 cm³/mol. The molecular weight excluding hydrogens is 284 g/mol. The Kier molecular flexibility index (Phi) is 4.50. The smallest absolute Gasteiger partial charge is 0.240 e. The second kappa shape index (κ2) is 6.36. The molecule has 1 aliphatic heterocycles. The summed E-state index contributed by atoms with van der Waals surface area (Å²) in [6.45, 7) is 1.48. The molecule has 2 N–H and O–H groups in total. The zero-order valence-corrected chi connectivity index (χ0v) is 13.2. The third kappa shape index (κ3) is 3.58. The van der Waals surface area contributed by atoms with Crippen LogP contribution in [0.25, 0.3) is 0 Å². The van der Waals surface area contributed by atoms with Gasteiger partial charge in [0, 0.05) is 18.8 Å². The molecule has 1 aliphatic carbocycles. The Balaban J connectivity index is 1.63. The zero-order chi connectivity index (χ0) is 14.7. The van der Waals surface area contributed by atoms with Crippen LogP contribution in [0.4, 0.5) is 5.69 Å². The van der Waals surface area contributed by atoms with Crippen LogP contribution in [0.3, 0.4) is 0 Å². The topological polar surface area (TPSA) is 58.2 Å². The van der Waals surface area contributed by atoms with Crippen LogP contribution in [-0.2, 0) is 16.4 Å². The fourth-order valence-corrected chi connectivity index (χ4v) is 4.46. The van der Waals surface area contributed by atoms with Crippen LogP contribution in [0.15, 0.2) is 23.1 Å². The van der Waals surface area contributed by atoms with Crippen molar-refractivity contribution in [2.75, 3.05) is 18.4 Å². The van der Waals surface area contributed by atoms with Crippen molar-refractivity contribution in [2.45, 2.75) is 49.8 Å². The SMILES string of the molecule is O=S(=O)(NCCC1CCCC1)c1ccc2c(c1)NCCC2. The summed E-state index contributed by atoms with van der Waals surface area (Å²) in [4.78, 5) is 0.377. The Morgan fingerprint density at radius 1 is 1.19 bits per heavy atom. The molecule has 1 aromatic carbocycles. The maximum Gasteiger partial charge on any atom is 0.240 e. The lowest BCUT2D eigenvalue weighted by atomic mass is 10.0. The average molecular weight is 308 g/mol. The summed E-state index contributed by atoms with van der Waals surface area (Å²) in [6.07, 6.45) is 8.20. The molecule has 1 heterocycles. The summed E-state index contributed by atoms with van der Waals surface area (Å²) in [5, 5.41) is 3.28. The minimum Gasteiger partial charge on any atom is -0.385 e. The first-order valence-electron chi connectivity index (χ1n) is 8.02. The lowest BCUT2D eigenvalue weighted by molar-refractivity contribution is 0.495. The molecule has 1 fully saturated rings. The van der Waals surface area contributed by atoms with Crippen LogP contribution in [-0.4, -0.2) is 21.5 Å². The number of hydrogen-bond donors (Lipinski definition) is 2. The highest BCUT2D eigenvalue weighted by molar-refractivity contribution is 7.89. The molecule has 0 atom stereocenters. The van der Waals surface area contributed by atoms with Gasteiger partial charge in [0.25, 0.3) is 0 Å². The summed E-state index contributed by atoms with van der Waals surface area (Å²) < 4.78 is 27.5. The van der Waals surface area contributed by atoms with Crippen LogP contribution in [0.1, 0.15) is 44.1 Å². The van der Waals surface area contributed by atoms with Gasteiger partial charge >= 0.3 is 0 Å². The molecule has 0 bridgehead atoms. The summed E-state index contributed by atoms with van der Waals surface area (Å²) in [7, 11) is -3.38. The summed E-state index contributed by atoms with van der Waals surface area (Å²) in [5.74, 6) is 0.706. The van der Waals surface area contributed by atoms with Gasteiger partial charge in [0.05, 0.1) is 4.90 Å². The average Bonchev–Trinajstić information content (AvgIpc) is 3.00. The number of rotatable bonds is 5. The highest BCUT2D eigenvalue weighted by atomic mass is 32.2. The first-order chi connectivity index (χ1) is 10.1. The van der Waals surface area contributed by atoms with Gasteiger partial charge in [-0.1, -0.05) is 31.7 Å². The molecule has 3 rings (SSSR count). The molecule has 0 unspecified atom stereocenters. The van der Waals surface area contributed by atoms with Crippen LogP contribution in [0.5, 0.6) is 0 Å². The third-order valence-electron chi connectivity index (χ3n) is 4.65. The van der Waals surface area contributed by atoms with E-state index in [1.807, 2.05) is 6.07 Å². The number of nitrogens with one attached hydrogen (secondary N) is 2. The molecule has 1 saturated carbocycles. The lowest BCUT2D eigenvalue weighted by Gasteiger charge is -2.19. The normalized spacial score (nSPS) is 19.2. The van der Waals surface area contributed by atoms with Gasteiger partial charge < -0.3 is 5.32 Å². The summed E-state index contributed by atoms with van der Waals surface area (Å²) >= 11 is 0. The molecule has 5 heteroatoms. The van der Waals surface area contributed by atoms with Crippen molar-refractivity contribution in [3.63, 3.8) is 0 Å². The van der Waals surface area contributed by atoms with Crippen LogP contribution < -0.4 is 10.0 Å². The minimum absolute atomic E-state index is 0.377. The second-order valence-corrected chi connectivity index (χ2v) is 7.95. The first-order valence-corrected chi connectivity index (χ1v) is 9.50. The Bertz CT molecular complexity index is 592. The Morgan fingerprint density at radius 2 is 2.00 bits per heavy atom. The molecule has 0 radical (unpaired) electrons. The predicted octanol–water partition coefficient (Wildman–Crippen LogP) is 2.90. The van der Waals surface area contributed by atoms with Gasteiger partial charge in [-0.15, -0.1) is 0 Å². The van der Waals surface area contributed by atoms with Crippen molar-refractivity contribution in [2.24, 2.45) is 5.92 Å². The van der Waals surface area contributed by atoms with Crippen molar-refractivity contribution in [3.8, 4) is 0 Å². The molecule has 0 spiro atoms. The van der Waals surface area contributed by atoms with E-state index in [2.05, 4.69) is 10.0 Å². The van der Waals surface area contributed by atoms with E-state index in [1.165, 1.54) is 31.2 Å². The lowest BCUT2D eigenvalue weighted by Crippen LogP contribution is -2.26. The van der Waals surface area contributed by atoms with Gasteiger partial charge in [-0.25, -0.2) is 13.1 Å². The maximum atomic E-state index is 12.4. The van der Waals surface area contributed by atoms with E-state index in [1.54, 1.807) is 12.1 Å². The Labute approximate surface area is 127 Å². The standard InChI is InChI=1S/C16H24N2O2S/c19-21(20,18-11-9-13-4-1-2-5-13)15-8-7-14-6-3-10-17-16(14)12-15/h7-8,12-13,17-18H,1-6,9-11H2. The molecule has 4 nitrogen and oxygen atoms in total. The van der Waals surface area contributed by atoms with Crippen molar-refractivity contribution in [1.82, 2.24) is 4.72 Å². The molecule has 21 heavy (non-hydrogen) atoms. The Morgan fingerprint density at radius 3 is 2.81 bits per heavy atom. The summed E-state index contributed by atoms with van der Waals surface area (Å²) in [5.41, 5.74) is 2.19. The molecular formula is C16H24N2O2S. The minimum atomic E-state index is -3.38. The van der Waals surface area contributed by atoms with E-state index in [-0.39, 0.29) is 0 Å². The fraction of sp³-hybridized carbons (Fsp3) is 0.625. The van der Waals surface area contributed by atoms with Gasteiger partial charge in [-0.05, 0) is 42.9 Å². The van der Waals surface area contributed by atoms with E-state index >= 15 is 0 Å². The highest BCUT2D eigenvalue weighted by Gasteiger charge is 2.19. The van der Waals surface area contributed by atoms with Crippen LogP contribution >= 0.6 is 0 Å². The van der Waals surface area contributed by atoms with Crippen LogP contribution in [0, 0.1) is 5.92 Å². The zero-order valence-electron chi connectivity index (χ0n) is 12.4. The number of anilines is 1. The van der Waals surface area contributed by atoms with Gasteiger partial charge in [-0.2, -0.15) is 0 Å². The molecule has 0 amide bonds. The van der Waals surface area contributed by atoms with Crippen molar-refractivity contribution < 1.29 is 8.42 Å². The quantitative estimate of drug-likeness (QED) is 0.879. The largest absolute Gasteiger partial charge is 0.385 e. The van der Waals surface area contributed by atoms with Crippen molar-refractivity contribution in [3.05, 3.63) is 23.8 Å². The molecule has 1 aromatic rings. The van der Waals surface area contributed by atoms with E-state index in [4.69, 9.17) is 0 Å². The van der Waals surface area contributed by atoms with E-state index < -0.39 is 10.0 Å². The van der Waals surface area contributed by atoms with Gasteiger partial charge in [0.2, 0.25) is 10.0 Å². The van der Waals surface area contributed by atoms with E-state index in [0.29, 0.717) is 17.4 Å². The summed E-state index contributed by atoms with van der Waals surface area (Å²) in [6, 6.07) is 5.43. The molecule has 116 valence electrons. The second-order valence-electron chi connectivity index (χ2n) is 6.19. The number of hydrogen-bond acceptors (Lipinski definition) is 3. The maximum absolute atomic E-state index is 12.4. The number of aryl methyl sites for hydroxylation is 1. The Hall–Kier alpha value is -1.07. The van der Waals surface area contributed by atoms with Gasteiger partial charge in [-0.3, -0.25) is 0 Å². The molecule has 0 aromatic heterocycles. The van der Waals surface area contributed by atoms with Crippen molar-refractivity contribution in [1.29, 1.82) is 0 Å². The fourth-order valence-electron chi connectivity index (χ4n) is 3.39. The first kappa shape index (κ1) is 14.9. The monoisotopic (exact) mass is 308 g/mol. The third-order valence-corrected chi connectivity index (χ3v) is 6.11. The van der Waals surface area contributed by atoms with Gasteiger partial charge in [0.15, 0.2) is 0 Å². The highest BCUT2D eigenvalue weighted by Crippen LogP contribution is 2.28. The molecule has 0 saturated heterocycles. The van der Waals surface area contributed by atoms with E-state index in [0.717, 1.165) is 31.5 Å². The van der Waals surface area contributed by atoms with Crippen LogP contribution in [0.2, 0.25) is 0 Å². The van der Waals surface area contributed by atoms with Crippen molar-refractivity contribution >= 4 is 15.7 Å². The number of fused-ring (bicyclic) bond motifs is 1. The number of benzene rings is 1. The van der Waals surface area contributed by atoms with E-state index in [9.17, 15) is 8.42 Å². The van der Waals surface area contributed by atoms with Gasteiger partial charge in [0.1, 0.15) is 0 Å². The molecule has 2 aliphatic rings. The number of sulfonamides is 1.